The van der Waals surface area contributed by atoms with Gasteiger partial charge >= 0.3 is 0 Å². The van der Waals surface area contributed by atoms with Crippen molar-refractivity contribution in [2.45, 2.75) is 0 Å². The maximum atomic E-state index is 13.2. The quantitative estimate of drug-likeness (QED) is 0.799. The van der Waals surface area contributed by atoms with Gasteiger partial charge in [-0.1, -0.05) is 6.07 Å². The van der Waals surface area contributed by atoms with Crippen molar-refractivity contribution in [1.29, 1.82) is 0 Å². The minimum absolute atomic E-state index is 0.207. The summed E-state index contributed by atoms with van der Waals surface area (Å²) in [6.07, 6.45) is 0. The number of methoxy groups -OCH3 is 1. The van der Waals surface area contributed by atoms with Gasteiger partial charge in [0.15, 0.2) is 11.6 Å². The summed E-state index contributed by atoms with van der Waals surface area (Å²) in [6.45, 7) is 0. The number of ether oxygens (including phenoxy) is 1. The van der Waals surface area contributed by atoms with Gasteiger partial charge in [0.25, 0.3) is 0 Å². The molecule has 0 saturated carbocycles. The van der Waals surface area contributed by atoms with Gasteiger partial charge in [0.05, 0.1) is 7.11 Å². The van der Waals surface area contributed by atoms with Gasteiger partial charge in [-0.05, 0) is 30.3 Å². The first-order valence-corrected chi connectivity index (χ1v) is 5.15. The highest BCUT2D eigenvalue weighted by atomic mass is 19.1. The number of nitrogen functional groups attached to an aromatic ring is 1. The molecule has 88 valence electrons. The van der Waals surface area contributed by atoms with Crippen LogP contribution in [-0.4, -0.2) is 7.11 Å². The molecule has 0 amide bonds. The molecule has 0 bridgehead atoms. The zero-order valence-corrected chi connectivity index (χ0v) is 9.41. The first kappa shape index (κ1) is 11.3. The number of nitrogens with one attached hydrogen (secondary N) is 1. The van der Waals surface area contributed by atoms with E-state index in [0.717, 1.165) is 11.4 Å². The highest BCUT2D eigenvalue weighted by molar-refractivity contribution is 5.64. The van der Waals surface area contributed by atoms with E-state index < -0.39 is 0 Å². The Labute approximate surface area is 99.0 Å². The van der Waals surface area contributed by atoms with Crippen molar-refractivity contribution < 1.29 is 9.13 Å². The average Bonchev–Trinajstić information content (AvgIpc) is 2.32. The number of hydrogen-bond donors (Lipinski definition) is 2. The van der Waals surface area contributed by atoms with Gasteiger partial charge in [-0.15, -0.1) is 0 Å². The van der Waals surface area contributed by atoms with Crippen LogP contribution in [0.1, 0.15) is 0 Å². The number of halogens is 1. The third-order valence-corrected chi connectivity index (χ3v) is 2.33. The smallest absolute Gasteiger partial charge is 0.165 e. The zero-order chi connectivity index (χ0) is 12.3. The van der Waals surface area contributed by atoms with Crippen LogP contribution in [0.3, 0.4) is 0 Å². The minimum Gasteiger partial charge on any atom is -0.494 e. The number of benzene rings is 2. The summed E-state index contributed by atoms with van der Waals surface area (Å²) in [7, 11) is 1.43. The molecule has 2 rings (SSSR count). The molecular weight excluding hydrogens is 219 g/mol. The summed E-state index contributed by atoms with van der Waals surface area (Å²) >= 11 is 0. The van der Waals surface area contributed by atoms with Gasteiger partial charge in [-0.2, -0.15) is 0 Å². The van der Waals surface area contributed by atoms with E-state index in [4.69, 9.17) is 10.5 Å². The molecule has 0 fully saturated rings. The lowest BCUT2D eigenvalue weighted by molar-refractivity contribution is 0.387. The molecule has 0 unspecified atom stereocenters. The molecule has 3 N–H and O–H groups in total. The SMILES string of the molecule is COc1cc(Nc2cccc(N)c2)ccc1F. The van der Waals surface area contributed by atoms with E-state index in [1.54, 1.807) is 24.3 Å². The summed E-state index contributed by atoms with van der Waals surface area (Å²) in [5.74, 6) is -0.176. The average molecular weight is 232 g/mol. The highest BCUT2D eigenvalue weighted by Crippen LogP contribution is 2.24. The Morgan fingerprint density at radius 2 is 1.88 bits per heavy atom. The lowest BCUT2D eigenvalue weighted by Crippen LogP contribution is -1.94. The number of hydrogen-bond acceptors (Lipinski definition) is 3. The van der Waals surface area contributed by atoms with Crippen LogP contribution >= 0.6 is 0 Å². The maximum Gasteiger partial charge on any atom is 0.165 e. The van der Waals surface area contributed by atoms with Crippen molar-refractivity contribution in [2.75, 3.05) is 18.2 Å². The van der Waals surface area contributed by atoms with Gasteiger partial charge in [-0.3, -0.25) is 0 Å². The molecule has 0 radical (unpaired) electrons. The first-order valence-electron chi connectivity index (χ1n) is 5.15. The molecule has 0 aliphatic heterocycles. The van der Waals surface area contributed by atoms with E-state index in [1.807, 2.05) is 12.1 Å². The molecule has 3 nitrogen and oxygen atoms in total. The second kappa shape index (κ2) is 4.74. The summed E-state index contributed by atoms with van der Waals surface area (Å²) in [5.41, 5.74) is 7.93. The summed E-state index contributed by atoms with van der Waals surface area (Å²) in [6, 6.07) is 11.9. The normalized spacial score (nSPS) is 10.0. The van der Waals surface area contributed by atoms with Crippen LogP contribution in [0.15, 0.2) is 42.5 Å². The summed E-state index contributed by atoms with van der Waals surface area (Å²) in [4.78, 5) is 0. The predicted octanol–water partition coefficient (Wildman–Crippen LogP) is 3.16. The van der Waals surface area contributed by atoms with Crippen LogP contribution in [0.5, 0.6) is 5.75 Å². The van der Waals surface area contributed by atoms with E-state index in [1.165, 1.54) is 13.2 Å². The van der Waals surface area contributed by atoms with Crippen molar-refractivity contribution in [2.24, 2.45) is 0 Å². The Morgan fingerprint density at radius 1 is 1.12 bits per heavy atom. The predicted molar refractivity (Wildman–Crippen MR) is 67.1 cm³/mol. The van der Waals surface area contributed by atoms with Crippen molar-refractivity contribution in [3.05, 3.63) is 48.3 Å². The molecule has 4 heteroatoms. The maximum absolute atomic E-state index is 13.2. The van der Waals surface area contributed by atoms with Crippen molar-refractivity contribution >= 4 is 17.1 Å². The largest absolute Gasteiger partial charge is 0.494 e. The van der Waals surface area contributed by atoms with Crippen molar-refractivity contribution in [3.63, 3.8) is 0 Å². The van der Waals surface area contributed by atoms with Crippen LogP contribution in [-0.2, 0) is 0 Å². The van der Waals surface area contributed by atoms with E-state index in [2.05, 4.69) is 5.32 Å². The molecule has 2 aromatic rings. The second-order valence-corrected chi connectivity index (χ2v) is 3.60. The standard InChI is InChI=1S/C13H13FN2O/c1-17-13-8-11(5-6-12(13)14)16-10-4-2-3-9(15)7-10/h2-8,16H,15H2,1H3. The van der Waals surface area contributed by atoms with E-state index in [9.17, 15) is 4.39 Å². The van der Waals surface area contributed by atoms with Gasteiger partial charge in [0.1, 0.15) is 0 Å². The summed E-state index contributed by atoms with van der Waals surface area (Å²) < 4.78 is 18.1. The molecule has 0 atom stereocenters. The first-order chi connectivity index (χ1) is 8.19. The fraction of sp³-hybridized carbons (Fsp3) is 0.0769. The molecular formula is C13H13FN2O. The molecule has 17 heavy (non-hydrogen) atoms. The Morgan fingerprint density at radius 3 is 2.59 bits per heavy atom. The second-order valence-electron chi connectivity index (χ2n) is 3.60. The Balaban J connectivity index is 2.24. The van der Waals surface area contributed by atoms with Crippen molar-refractivity contribution in [1.82, 2.24) is 0 Å². The van der Waals surface area contributed by atoms with Crippen LogP contribution in [0.4, 0.5) is 21.5 Å². The van der Waals surface area contributed by atoms with Crippen LogP contribution in [0.2, 0.25) is 0 Å². The fourth-order valence-corrected chi connectivity index (χ4v) is 1.52. The van der Waals surface area contributed by atoms with Crippen LogP contribution in [0.25, 0.3) is 0 Å². The van der Waals surface area contributed by atoms with E-state index in [-0.39, 0.29) is 11.6 Å². The van der Waals surface area contributed by atoms with Crippen molar-refractivity contribution in [3.8, 4) is 5.75 Å². The molecule has 0 saturated heterocycles. The fourth-order valence-electron chi connectivity index (χ4n) is 1.52. The molecule has 0 aliphatic rings. The lowest BCUT2D eigenvalue weighted by atomic mass is 10.2. The number of rotatable bonds is 3. The van der Waals surface area contributed by atoms with Crippen LogP contribution < -0.4 is 15.8 Å². The van der Waals surface area contributed by atoms with Gasteiger partial charge in [-0.25, -0.2) is 4.39 Å². The van der Waals surface area contributed by atoms with Gasteiger partial charge in [0.2, 0.25) is 0 Å². The number of nitrogens with two attached hydrogens (primary N) is 1. The monoisotopic (exact) mass is 232 g/mol. The lowest BCUT2D eigenvalue weighted by Gasteiger charge is -2.09. The number of anilines is 3. The molecule has 2 aromatic carbocycles. The third-order valence-electron chi connectivity index (χ3n) is 2.33. The van der Waals surface area contributed by atoms with E-state index in [0.29, 0.717) is 5.69 Å². The van der Waals surface area contributed by atoms with Crippen LogP contribution in [0, 0.1) is 5.82 Å². The van der Waals surface area contributed by atoms with Gasteiger partial charge < -0.3 is 15.8 Å². The topological polar surface area (TPSA) is 47.3 Å². The minimum atomic E-state index is -0.384. The third kappa shape index (κ3) is 2.66. The highest BCUT2D eigenvalue weighted by Gasteiger charge is 2.03. The van der Waals surface area contributed by atoms with E-state index >= 15 is 0 Å². The van der Waals surface area contributed by atoms with Gasteiger partial charge in [0, 0.05) is 23.1 Å². The zero-order valence-electron chi connectivity index (χ0n) is 9.41. The molecule has 0 heterocycles. The Kier molecular flexibility index (Phi) is 3.14. The Hall–Kier alpha value is -2.23. The summed E-state index contributed by atoms with van der Waals surface area (Å²) in [5, 5.41) is 3.12. The molecule has 0 spiro atoms. The molecule has 0 aromatic heterocycles. The molecule has 0 aliphatic carbocycles. The Bertz CT molecular complexity index is 529.